The molecule has 0 spiro atoms. The molecule has 0 aromatic rings. The maximum atomic E-state index is 2.67. The Bertz CT molecular complexity index is 242. The van der Waals surface area contributed by atoms with E-state index in [9.17, 15) is 0 Å². The second-order valence-electron chi connectivity index (χ2n) is 7.98. The van der Waals surface area contributed by atoms with E-state index >= 15 is 0 Å². The molecule has 0 aliphatic carbocycles. The molecule has 2 nitrogen and oxygen atoms in total. The fourth-order valence-electron chi connectivity index (χ4n) is 3.45. The maximum Gasteiger partial charge on any atom is 0.0113 e. The van der Waals surface area contributed by atoms with E-state index in [2.05, 4.69) is 37.5 Å². The van der Waals surface area contributed by atoms with Gasteiger partial charge >= 0.3 is 0 Å². The fraction of sp³-hybridized carbons (Fsp3) is 1.00. The van der Waals surface area contributed by atoms with Gasteiger partial charge in [0.05, 0.1) is 0 Å². The molecule has 1 saturated heterocycles. The van der Waals surface area contributed by atoms with Gasteiger partial charge in [0.2, 0.25) is 0 Å². The third-order valence-corrected chi connectivity index (χ3v) is 5.14. The summed E-state index contributed by atoms with van der Waals surface area (Å²) < 4.78 is 0. The monoisotopic (exact) mass is 340 g/mol. The van der Waals surface area contributed by atoms with Crippen molar-refractivity contribution < 1.29 is 0 Å². The van der Waals surface area contributed by atoms with Gasteiger partial charge in [-0.1, -0.05) is 79.1 Å². The standard InChI is InChI=1S/C20H42N2.C2H6/c1-19(2)13-11-9-7-5-6-8-10-12-14-21-15-17-22(18-16-21)20(3)4;1-2/h19-20H,5-18H2,1-4H3;1-2H3. The second-order valence-corrected chi connectivity index (χ2v) is 7.98. The minimum absolute atomic E-state index is 0.725. The minimum Gasteiger partial charge on any atom is -0.301 e. The molecule has 2 heteroatoms. The highest BCUT2D eigenvalue weighted by Crippen LogP contribution is 2.13. The Balaban J connectivity index is 0.00000254. The number of nitrogens with zero attached hydrogens (tertiary/aromatic N) is 2. The van der Waals surface area contributed by atoms with Crippen LogP contribution in [-0.4, -0.2) is 48.6 Å². The van der Waals surface area contributed by atoms with E-state index in [4.69, 9.17) is 0 Å². The van der Waals surface area contributed by atoms with Gasteiger partial charge in [-0.3, -0.25) is 4.90 Å². The van der Waals surface area contributed by atoms with E-state index in [0.29, 0.717) is 0 Å². The third kappa shape index (κ3) is 13.2. The molecule has 146 valence electrons. The summed E-state index contributed by atoms with van der Waals surface area (Å²) in [6.45, 7) is 19.8. The number of unbranched alkanes of at least 4 members (excludes halogenated alkanes) is 7. The number of hydrogen-bond acceptors (Lipinski definition) is 2. The number of hydrogen-bond donors (Lipinski definition) is 0. The van der Waals surface area contributed by atoms with E-state index in [-0.39, 0.29) is 0 Å². The van der Waals surface area contributed by atoms with Crippen molar-refractivity contribution in [3.8, 4) is 0 Å². The van der Waals surface area contributed by atoms with Crippen LogP contribution in [0.25, 0.3) is 0 Å². The summed E-state index contributed by atoms with van der Waals surface area (Å²) in [5, 5.41) is 0. The van der Waals surface area contributed by atoms with Gasteiger partial charge in [0.25, 0.3) is 0 Å². The first-order valence-corrected chi connectivity index (χ1v) is 11.1. The SMILES string of the molecule is CC.CC(C)CCCCCCCCCCN1CCN(C(C)C)CC1. The zero-order valence-corrected chi connectivity index (χ0v) is 17.9. The third-order valence-electron chi connectivity index (χ3n) is 5.14. The van der Waals surface area contributed by atoms with Crippen molar-refractivity contribution in [3.63, 3.8) is 0 Å². The Hall–Kier alpha value is -0.0800. The van der Waals surface area contributed by atoms with Crippen LogP contribution in [0.2, 0.25) is 0 Å². The van der Waals surface area contributed by atoms with Crippen LogP contribution in [0.3, 0.4) is 0 Å². The predicted octanol–water partition coefficient (Wildman–Crippen LogP) is 6.21. The van der Waals surface area contributed by atoms with Crippen LogP contribution < -0.4 is 0 Å². The van der Waals surface area contributed by atoms with Crippen molar-refractivity contribution in [1.29, 1.82) is 0 Å². The van der Waals surface area contributed by atoms with Crippen LogP contribution in [0, 0.1) is 5.92 Å². The van der Waals surface area contributed by atoms with Crippen molar-refractivity contribution in [2.24, 2.45) is 5.92 Å². The zero-order valence-electron chi connectivity index (χ0n) is 17.9. The van der Waals surface area contributed by atoms with Crippen molar-refractivity contribution in [2.45, 2.75) is 105 Å². The highest BCUT2D eigenvalue weighted by Gasteiger charge is 2.17. The lowest BCUT2D eigenvalue weighted by Gasteiger charge is -2.36. The summed E-state index contributed by atoms with van der Waals surface area (Å²) in [5.74, 6) is 0.891. The summed E-state index contributed by atoms with van der Waals surface area (Å²) in [6.07, 6.45) is 13.0. The van der Waals surface area contributed by atoms with Gasteiger partial charge < -0.3 is 4.90 Å². The highest BCUT2D eigenvalue weighted by molar-refractivity contribution is 4.74. The molecule has 0 saturated carbocycles. The Kier molecular flexibility index (Phi) is 16.3. The van der Waals surface area contributed by atoms with Gasteiger partial charge in [-0.25, -0.2) is 0 Å². The molecule has 1 aliphatic rings. The number of rotatable bonds is 12. The van der Waals surface area contributed by atoms with Crippen LogP contribution in [-0.2, 0) is 0 Å². The summed E-state index contributed by atoms with van der Waals surface area (Å²) in [6, 6.07) is 0.725. The van der Waals surface area contributed by atoms with Gasteiger partial charge in [0, 0.05) is 32.2 Å². The van der Waals surface area contributed by atoms with Gasteiger partial charge in [0.15, 0.2) is 0 Å². The molecule has 0 N–H and O–H groups in total. The molecule has 0 atom stereocenters. The fourth-order valence-corrected chi connectivity index (χ4v) is 3.45. The average Bonchev–Trinajstić information content (AvgIpc) is 2.58. The van der Waals surface area contributed by atoms with E-state index < -0.39 is 0 Å². The molecular formula is C22H48N2. The normalized spacial score (nSPS) is 16.5. The molecule has 0 unspecified atom stereocenters. The zero-order chi connectivity index (χ0) is 18.2. The molecule has 1 rings (SSSR count). The summed E-state index contributed by atoms with van der Waals surface area (Å²) in [7, 11) is 0. The predicted molar refractivity (Wildman–Crippen MR) is 111 cm³/mol. The van der Waals surface area contributed by atoms with Gasteiger partial charge in [-0.15, -0.1) is 0 Å². The highest BCUT2D eigenvalue weighted by atomic mass is 15.3. The molecule has 0 amide bonds. The minimum atomic E-state index is 0.725. The van der Waals surface area contributed by atoms with Gasteiger partial charge in [0.1, 0.15) is 0 Å². The van der Waals surface area contributed by atoms with Crippen molar-refractivity contribution in [2.75, 3.05) is 32.7 Å². The van der Waals surface area contributed by atoms with Crippen LogP contribution in [0.5, 0.6) is 0 Å². The first-order valence-electron chi connectivity index (χ1n) is 11.1. The molecule has 1 heterocycles. The maximum absolute atomic E-state index is 2.67. The quantitative estimate of drug-likeness (QED) is 0.390. The lowest BCUT2D eigenvalue weighted by Crippen LogP contribution is -2.48. The van der Waals surface area contributed by atoms with Crippen LogP contribution >= 0.6 is 0 Å². The number of piperazine rings is 1. The Morgan fingerprint density at radius 1 is 0.625 bits per heavy atom. The molecule has 24 heavy (non-hydrogen) atoms. The molecule has 0 aromatic heterocycles. The van der Waals surface area contributed by atoms with E-state index in [0.717, 1.165) is 12.0 Å². The second kappa shape index (κ2) is 16.4. The first-order chi connectivity index (χ1) is 11.6. The van der Waals surface area contributed by atoms with Gasteiger partial charge in [-0.05, 0) is 32.7 Å². The summed E-state index contributed by atoms with van der Waals surface area (Å²) in [5.41, 5.74) is 0. The van der Waals surface area contributed by atoms with E-state index in [1.165, 1.54) is 90.5 Å². The van der Waals surface area contributed by atoms with Crippen molar-refractivity contribution in [3.05, 3.63) is 0 Å². The molecule has 0 bridgehead atoms. The Morgan fingerprint density at radius 2 is 1.08 bits per heavy atom. The topological polar surface area (TPSA) is 6.48 Å². The average molecular weight is 341 g/mol. The lowest BCUT2D eigenvalue weighted by molar-refractivity contribution is 0.107. The van der Waals surface area contributed by atoms with E-state index in [1.807, 2.05) is 13.8 Å². The molecular weight excluding hydrogens is 292 g/mol. The van der Waals surface area contributed by atoms with E-state index in [1.54, 1.807) is 0 Å². The lowest BCUT2D eigenvalue weighted by atomic mass is 10.0. The molecule has 0 aromatic carbocycles. The molecule has 1 aliphatic heterocycles. The molecule has 1 fully saturated rings. The first kappa shape index (κ1) is 23.9. The van der Waals surface area contributed by atoms with Crippen molar-refractivity contribution in [1.82, 2.24) is 9.80 Å². The Labute approximate surface area is 154 Å². The van der Waals surface area contributed by atoms with Gasteiger partial charge in [-0.2, -0.15) is 0 Å². The van der Waals surface area contributed by atoms with Crippen molar-refractivity contribution >= 4 is 0 Å². The molecule has 0 radical (unpaired) electrons. The Morgan fingerprint density at radius 3 is 1.54 bits per heavy atom. The summed E-state index contributed by atoms with van der Waals surface area (Å²) >= 11 is 0. The smallest absolute Gasteiger partial charge is 0.0113 e. The largest absolute Gasteiger partial charge is 0.301 e. The van der Waals surface area contributed by atoms with Crippen LogP contribution in [0.15, 0.2) is 0 Å². The van der Waals surface area contributed by atoms with Crippen LogP contribution in [0.4, 0.5) is 0 Å². The summed E-state index contributed by atoms with van der Waals surface area (Å²) in [4.78, 5) is 5.28. The van der Waals surface area contributed by atoms with Crippen LogP contribution in [0.1, 0.15) is 99.3 Å².